The highest BCUT2D eigenvalue weighted by Crippen LogP contribution is 2.09. The molecule has 2 aromatic carbocycles. The molecule has 0 aliphatic carbocycles. The molecule has 5 heteroatoms. The molecule has 0 N–H and O–H groups in total. The van der Waals surface area contributed by atoms with Crippen LogP contribution in [0.15, 0.2) is 83.8 Å². The van der Waals surface area contributed by atoms with E-state index >= 15 is 0 Å². The van der Waals surface area contributed by atoms with E-state index in [0.29, 0.717) is 13.2 Å². The number of benzene rings is 2. The molecule has 0 fully saturated rings. The van der Waals surface area contributed by atoms with Gasteiger partial charge in [0.2, 0.25) is 0 Å². The average Bonchev–Trinajstić information content (AvgIpc) is 2.69. The molecule has 0 saturated heterocycles. The van der Waals surface area contributed by atoms with E-state index in [1.165, 1.54) is 16.3 Å². The lowest BCUT2D eigenvalue weighted by molar-refractivity contribution is 0.194. The van der Waals surface area contributed by atoms with Crippen LogP contribution in [0.25, 0.3) is 0 Å². The Morgan fingerprint density at radius 3 is 2.35 bits per heavy atom. The molecule has 134 valence electrons. The van der Waals surface area contributed by atoms with Crippen LogP contribution in [0.5, 0.6) is 5.75 Å². The Morgan fingerprint density at radius 2 is 1.62 bits per heavy atom. The fraction of sp³-hybridized carbons (Fsp3) is 0.238. The lowest BCUT2D eigenvalue weighted by atomic mass is 10.2. The number of hydrogen-bond donors (Lipinski definition) is 0. The van der Waals surface area contributed by atoms with Crippen molar-refractivity contribution in [3.63, 3.8) is 0 Å². The van der Waals surface area contributed by atoms with Crippen LogP contribution in [-0.4, -0.2) is 34.4 Å². The van der Waals surface area contributed by atoms with E-state index in [1.54, 1.807) is 12.3 Å². The lowest BCUT2D eigenvalue weighted by Gasteiger charge is -2.22. The first kappa shape index (κ1) is 17.9. The van der Waals surface area contributed by atoms with Gasteiger partial charge in [-0.3, -0.25) is 9.69 Å². The van der Waals surface area contributed by atoms with Crippen LogP contribution >= 0.6 is 0 Å². The normalized spacial score (nSPS) is 10.8. The highest BCUT2D eigenvalue weighted by atomic mass is 16.5. The second-order valence-corrected chi connectivity index (χ2v) is 6.01. The molecule has 0 unspecified atom stereocenters. The van der Waals surface area contributed by atoms with Crippen molar-refractivity contribution in [3.05, 3.63) is 94.9 Å². The SMILES string of the molecule is O=c1cccnn1CCN(CCOc1ccccc1)Cc1ccccc1. The molecule has 3 rings (SSSR count). The first-order valence-corrected chi connectivity index (χ1v) is 8.77. The topological polar surface area (TPSA) is 47.4 Å². The van der Waals surface area contributed by atoms with Gasteiger partial charge in [0.1, 0.15) is 12.4 Å². The Balaban J connectivity index is 1.59. The summed E-state index contributed by atoms with van der Waals surface area (Å²) in [7, 11) is 0. The minimum absolute atomic E-state index is 0.0762. The Labute approximate surface area is 153 Å². The van der Waals surface area contributed by atoms with Gasteiger partial charge in [0.15, 0.2) is 0 Å². The monoisotopic (exact) mass is 349 g/mol. The Hall–Kier alpha value is -2.92. The Kier molecular flexibility index (Phi) is 6.56. The van der Waals surface area contributed by atoms with Gasteiger partial charge in [0, 0.05) is 31.9 Å². The highest BCUT2D eigenvalue weighted by Gasteiger charge is 2.08. The van der Waals surface area contributed by atoms with Crippen molar-refractivity contribution >= 4 is 0 Å². The molecule has 3 aromatic rings. The van der Waals surface area contributed by atoms with Crippen molar-refractivity contribution in [3.8, 4) is 5.75 Å². The maximum absolute atomic E-state index is 11.8. The molecule has 1 heterocycles. The first-order chi connectivity index (χ1) is 12.8. The highest BCUT2D eigenvalue weighted by molar-refractivity contribution is 5.20. The number of ether oxygens (including phenoxy) is 1. The Bertz CT molecular complexity index is 834. The quantitative estimate of drug-likeness (QED) is 0.596. The van der Waals surface area contributed by atoms with Crippen molar-refractivity contribution in [1.29, 1.82) is 0 Å². The van der Waals surface area contributed by atoms with Crippen molar-refractivity contribution in [1.82, 2.24) is 14.7 Å². The maximum Gasteiger partial charge on any atom is 0.266 e. The Morgan fingerprint density at radius 1 is 0.885 bits per heavy atom. The molecule has 0 atom stereocenters. The molecule has 0 radical (unpaired) electrons. The van der Waals surface area contributed by atoms with Crippen LogP contribution in [0.4, 0.5) is 0 Å². The molecule has 0 spiro atoms. The minimum Gasteiger partial charge on any atom is -0.492 e. The van der Waals surface area contributed by atoms with E-state index in [-0.39, 0.29) is 5.56 Å². The second-order valence-electron chi connectivity index (χ2n) is 6.01. The van der Waals surface area contributed by atoms with E-state index in [1.807, 2.05) is 48.5 Å². The van der Waals surface area contributed by atoms with Crippen LogP contribution < -0.4 is 10.3 Å². The summed E-state index contributed by atoms with van der Waals surface area (Å²) in [6.45, 7) is 3.45. The molecule has 0 saturated carbocycles. The van der Waals surface area contributed by atoms with Gasteiger partial charge in [-0.2, -0.15) is 5.10 Å². The smallest absolute Gasteiger partial charge is 0.266 e. The third-order valence-electron chi connectivity index (χ3n) is 4.08. The van der Waals surface area contributed by atoms with Gasteiger partial charge in [-0.15, -0.1) is 0 Å². The molecule has 0 aliphatic heterocycles. The van der Waals surface area contributed by atoms with Gasteiger partial charge in [-0.1, -0.05) is 48.5 Å². The predicted molar refractivity (Wildman–Crippen MR) is 102 cm³/mol. The standard InChI is InChI=1S/C21H23N3O2/c25-21-12-7-13-22-24(21)15-14-23(18-19-8-3-1-4-9-19)16-17-26-20-10-5-2-6-11-20/h1-13H,14-18H2. The summed E-state index contributed by atoms with van der Waals surface area (Å²) in [5.74, 6) is 0.869. The van der Waals surface area contributed by atoms with Crippen molar-refractivity contribution in [2.24, 2.45) is 0 Å². The van der Waals surface area contributed by atoms with Crippen LogP contribution in [0.1, 0.15) is 5.56 Å². The summed E-state index contributed by atoms with van der Waals surface area (Å²) in [4.78, 5) is 14.1. The molecule has 1 aromatic heterocycles. The molecule has 0 aliphatic rings. The molecule has 0 amide bonds. The number of aromatic nitrogens is 2. The third-order valence-corrected chi connectivity index (χ3v) is 4.08. The predicted octanol–water partition coefficient (Wildman–Crippen LogP) is 2.82. The molecule has 5 nitrogen and oxygen atoms in total. The van der Waals surface area contributed by atoms with Crippen LogP contribution in [0, 0.1) is 0 Å². The summed E-state index contributed by atoms with van der Waals surface area (Å²) in [5.41, 5.74) is 1.16. The number of rotatable bonds is 9. The van der Waals surface area contributed by atoms with E-state index in [0.717, 1.165) is 25.4 Å². The summed E-state index contributed by atoms with van der Waals surface area (Å²) < 4.78 is 7.32. The van der Waals surface area contributed by atoms with Gasteiger partial charge < -0.3 is 4.74 Å². The van der Waals surface area contributed by atoms with Gasteiger partial charge in [-0.05, 0) is 23.8 Å². The molecule has 0 bridgehead atoms. The molecular weight excluding hydrogens is 326 g/mol. The summed E-state index contributed by atoms with van der Waals surface area (Å²) >= 11 is 0. The van der Waals surface area contributed by atoms with Crippen LogP contribution in [0.3, 0.4) is 0 Å². The third kappa shape index (κ3) is 5.57. The van der Waals surface area contributed by atoms with E-state index in [9.17, 15) is 4.79 Å². The van der Waals surface area contributed by atoms with Crippen molar-refractivity contribution in [2.75, 3.05) is 19.7 Å². The largest absolute Gasteiger partial charge is 0.492 e. The molecular formula is C21H23N3O2. The van der Waals surface area contributed by atoms with Gasteiger partial charge >= 0.3 is 0 Å². The van der Waals surface area contributed by atoms with Gasteiger partial charge in [0.05, 0.1) is 6.54 Å². The summed E-state index contributed by atoms with van der Waals surface area (Å²) in [6.07, 6.45) is 1.64. The number of nitrogens with zero attached hydrogens (tertiary/aromatic N) is 3. The number of para-hydroxylation sites is 1. The van der Waals surface area contributed by atoms with Crippen LogP contribution in [-0.2, 0) is 13.1 Å². The summed E-state index contributed by atoms with van der Waals surface area (Å²) in [6, 6.07) is 23.3. The minimum atomic E-state index is -0.0762. The zero-order valence-electron chi connectivity index (χ0n) is 14.7. The van der Waals surface area contributed by atoms with E-state index in [2.05, 4.69) is 22.1 Å². The summed E-state index contributed by atoms with van der Waals surface area (Å²) in [5, 5.41) is 4.13. The second kappa shape index (κ2) is 9.53. The lowest BCUT2D eigenvalue weighted by Crippen LogP contribution is -2.34. The van der Waals surface area contributed by atoms with Crippen molar-refractivity contribution < 1.29 is 4.74 Å². The fourth-order valence-electron chi connectivity index (χ4n) is 2.71. The zero-order valence-corrected chi connectivity index (χ0v) is 14.7. The van der Waals surface area contributed by atoms with Gasteiger partial charge in [0.25, 0.3) is 5.56 Å². The average molecular weight is 349 g/mol. The number of hydrogen-bond acceptors (Lipinski definition) is 4. The van der Waals surface area contributed by atoms with E-state index in [4.69, 9.17) is 4.74 Å². The zero-order chi connectivity index (χ0) is 18.0. The van der Waals surface area contributed by atoms with Crippen LogP contribution in [0.2, 0.25) is 0 Å². The maximum atomic E-state index is 11.8. The van der Waals surface area contributed by atoms with Crippen molar-refractivity contribution in [2.45, 2.75) is 13.1 Å². The molecule has 26 heavy (non-hydrogen) atoms. The fourth-order valence-corrected chi connectivity index (χ4v) is 2.71. The first-order valence-electron chi connectivity index (χ1n) is 8.77. The van der Waals surface area contributed by atoms with E-state index < -0.39 is 0 Å². The van der Waals surface area contributed by atoms with Gasteiger partial charge in [-0.25, -0.2) is 4.68 Å².